The van der Waals surface area contributed by atoms with Crippen LogP contribution < -0.4 is 10.6 Å². The summed E-state index contributed by atoms with van der Waals surface area (Å²) in [5, 5.41) is 15.4. The second-order valence-electron chi connectivity index (χ2n) is 8.55. The van der Waals surface area contributed by atoms with E-state index in [2.05, 4.69) is 15.6 Å². The van der Waals surface area contributed by atoms with Crippen LogP contribution in [0.25, 0.3) is 22.2 Å². The molecule has 8 heteroatoms. The summed E-state index contributed by atoms with van der Waals surface area (Å²) in [7, 11) is 0. The van der Waals surface area contributed by atoms with E-state index in [-0.39, 0.29) is 29.1 Å². The molecule has 1 aliphatic carbocycles. The third kappa shape index (κ3) is 4.14. The molecule has 1 saturated carbocycles. The molecule has 1 atom stereocenters. The molecule has 2 aliphatic rings. The Morgan fingerprint density at radius 3 is 2.55 bits per heavy atom. The van der Waals surface area contributed by atoms with Crippen LogP contribution in [0.4, 0.5) is 13.2 Å². The summed E-state index contributed by atoms with van der Waals surface area (Å²) in [4.78, 5) is 15.4. The number of halogens is 3. The van der Waals surface area contributed by atoms with Gasteiger partial charge in [-0.15, -0.1) is 0 Å². The fraction of sp³-hybridized carbons (Fsp3) is 0.240. The predicted octanol–water partition coefficient (Wildman–Crippen LogP) is 4.22. The number of dihydropyridines is 1. The summed E-state index contributed by atoms with van der Waals surface area (Å²) in [6.07, 6.45) is 5.20. The van der Waals surface area contributed by atoms with E-state index in [1.807, 2.05) is 0 Å². The van der Waals surface area contributed by atoms with Gasteiger partial charge in [0.1, 0.15) is 23.7 Å². The molecule has 0 saturated heterocycles. The summed E-state index contributed by atoms with van der Waals surface area (Å²) < 4.78 is 42.0. The van der Waals surface area contributed by atoms with Gasteiger partial charge in [-0.05, 0) is 78.3 Å². The van der Waals surface area contributed by atoms with Gasteiger partial charge in [0.05, 0.1) is 16.8 Å². The maximum absolute atomic E-state index is 14.5. The van der Waals surface area contributed by atoms with Crippen LogP contribution in [0.3, 0.4) is 0 Å². The molecule has 5 nitrogen and oxygen atoms in total. The maximum atomic E-state index is 14.5. The first-order chi connectivity index (χ1) is 15.9. The van der Waals surface area contributed by atoms with Gasteiger partial charge in [-0.3, -0.25) is 4.79 Å². The lowest BCUT2D eigenvalue weighted by Crippen LogP contribution is -2.37. The summed E-state index contributed by atoms with van der Waals surface area (Å²) >= 11 is 0. The highest BCUT2D eigenvalue weighted by Crippen LogP contribution is 2.48. The largest absolute Gasteiger partial charge is 0.370 e. The van der Waals surface area contributed by atoms with Crippen LogP contribution >= 0.6 is 0 Å². The Morgan fingerprint density at radius 1 is 1.09 bits per heavy atom. The molecule has 5 rings (SSSR count). The Balaban J connectivity index is 1.35. The van der Waals surface area contributed by atoms with Crippen LogP contribution in [0, 0.1) is 23.4 Å². The minimum absolute atomic E-state index is 0.0486. The number of fused-ring (bicyclic) bond motifs is 1. The highest BCUT2D eigenvalue weighted by molar-refractivity contribution is 5.96. The van der Waals surface area contributed by atoms with Crippen molar-refractivity contribution in [3.8, 4) is 11.3 Å². The lowest BCUT2D eigenvalue weighted by Gasteiger charge is -2.36. The summed E-state index contributed by atoms with van der Waals surface area (Å²) in [5.74, 6) is -1.67. The van der Waals surface area contributed by atoms with Crippen molar-refractivity contribution in [1.82, 2.24) is 15.6 Å². The number of aromatic amines is 1. The van der Waals surface area contributed by atoms with Crippen molar-refractivity contribution in [3.63, 3.8) is 0 Å². The first-order valence-corrected chi connectivity index (χ1v) is 10.8. The van der Waals surface area contributed by atoms with Crippen LogP contribution in [0.5, 0.6) is 0 Å². The smallest absolute Gasteiger partial charge is 0.252 e. The number of aliphatic hydroxyl groups is 1. The second-order valence-corrected chi connectivity index (χ2v) is 8.55. The van der Waals surface area contributed by atoms with E-state index in [9.17, 15) is 23.1 Å². The molecule has 2 aromatic carbocycles. The fourth-order valence-electron chi connectivity index (χ4n) is 4.60. The Kier molecular flexibility index (Phi) is 5.46. The molecule has 0 radical (unpaired) electrons. The van der Waals surface area contributed by atoms with Crippen molar-refractivity contribution < 1.29 is 23.1 Å². The summed E-state index contributed by atoms with van der Waals surface area (Å²) in [5.41, 5.74) is 2.83. The van der Waals surface area contributed by atoms with Gasteiger partial charge in [0, 0.05) is 24.2 Å². The van der Waals surface area contributed by atoms with Gasteiger partial charge in [0.25, 0.3) is 5.91 Å². The Hall–Kier alpha value is -3.52. The molecule has 0 spiro atoms. The van der Waals surface area contributed by atoms with Crippen LogP contribution in [-0.2, 0) is 4.79 Å². The molecule has 33 heavy (non-hydrogen) atoms. The number of benzene rings is 2. The number of aliphatic hydroxyl groups excluding tert-OH is 1. The lowest BCUT2D eigenvalue weighted by atomic mass is 9.70. The average Bonchev–Trinajstić information content (AvgIpc) is 3.13. The van der Waals surface area contributed by atoms with E-state index in [1.54, 1.807) is 18.2 Å². The summed E-state index contributed by atoms with van der Waals surface area (Å²) in [6, 6.07) is 8.08. The molecule has 2 heterocycles. The highest BCUT2D eigenvalue weighted by atomic mass is 19.1. The number of amides is 1. The minimum atomic E-state index is -0.796. The monoisotopic (exact) mass is 453 g/mol. The van der Waals surface area contributed by atoms with Gasteiger partial charge >= 0.3 is 0 Å². The number of aromatic nitrogens is 1. The van der Waals surface area contributed by atoms with Crippen molar-refractivity contribution >= 4 is 16.8 Å². The number of carbonyl (C=O) groups excluding carboxylic acids is 1. The van der Waals surface area contributed by atoms with E-state index >= 15 is 0 Å². The molecule has 3 aromatic rings. The Morgan fingerprint density at radius 2 is 1.85 bits per heavy atom. The highest BCUT2D eigenvalue weighted by Gasteiger charge is 2.35. The Bertz CT molecular complexity index is 1270. The van der Waals surface area contributed by atoms with Crippen molar-refractivity contribution in [1.29, 1.82) is 0 Å². The van der Waals surface area contributed by atoms with Crippen LogP contribution in [0.2, 0.25) is 0 Å². The number of H-pyrrole nitrogens is 1. The van der Waals surface area contributed by atoms with Gasteiger partial charge in [0.2, 0.25) is 0 Å². The van der Waals surface area contributed by atoms with E-state index < -0.39 is 17.9 Å². The molecule has 1 aromatic heterocycles. The van der Waals surface area contributed by atoms with Crippen molar-refractivity contribution in [3.05, 3.63) is 83.3 Å². The van der Waals surface area contributed by atoms with Gasteiger partial charge in [-0.1, -0.05) is 0 Å². The van der Waals surface area contributed by atoms with E-state index in [1.165, 1.54) is 30.5 Å². The first-order valence-electron chi connectivity index (χ1n) is 10.8. The van der Waals surface area contributed by atoms with Gasteiger partial charge in [-0.25, -0.2) is 13.2 Å². The topological polar surface area (TPSA) is 77.2 Å². The molecule has 1 amide bonds. The molecular weight excluding hydrogens is 431 g/mol. The van der Waals surface area contributed by atoms with Gasteiger partial charge < -0.3 is 20.7 Å². The maximum Gasteiger partial charge on any atom is 0.252 e. The number of nitrogens with one attached hydrogen (secondary N) is 3. The van der Waals surface area contributed by atoms with Crippen molar-refractivity contribution in [2.45, 2.75) is 25.0 Å². The summed E-state index contributed by atoms with van der Waals surface area (Å²) in [6.45, 7) is 0.472. The SMILES string of the molecule is O=C(NCC1CC(c2c(-c3ccc(F)cc3)[nH]c3c(F)cc(F)cc23)C1)C1=CNC(O)C=C1. The van der Waals surface area contributed by atoms with Crippen LogP contribution in [0.15, 0.2) is 60.3 Å². The fourth-order valence-corrected chi connectivity index (χ4v) is 4.60. The minimum Gasteiger partial charge on any atom is -0.370 e. The number of hydrogen-bond donors (Lipinski definition) is 4. The third-order valence-electron chi connectivity index (χ3n) is 6.32. The molecule has 0 bridgehead atoms. The van der Waals surface area contributed by atoms with Gasteiger partial charge in [-0.2, -0.15) is 0 Å². The quantitative estimate of drug-likeness (QED) is 0.467. The average molecular weight is 453 g/mol. The number of rotatable bonds is 5. The zero-order chi connectivity index (χ0) is 23.1. The predicted molar refractivity (Wildman–Crippen MR) is 118 cm³/mol. The molecule has 1 aliphatic heterocycles. The molecule has 170 valence electrons. The molecule has 1 fully saturated rings. The van der Waals surface area contributed by atoms with Crippen molar-refractivity contribution in [2.24, 2.45) is 5.92 Å². The molecular formula is C25H22F3N3O2. The normalized spacial score (nSPS) is 21.9. The van der Waals surface area contributed by atoms with E-state index in [0.717, 1.165) is 24.5 Å². The third-order valence-corrected chi connectivity index (χ3v) is 6.32. The van der Waals surface area contributed by atoms with Crippen LogP contribution in [-0.4, -0.2) is 28.8 Å². The zero-order valence-corrected chi connectivity index (χ0v) is 17.5. The Labute approximate surface area is 188 Å². The molecule has 4 N–H and O–H groups in total. The van der Waals surface area contributed by atoms with Gasteiger partial charge in [0.15, 0.2) is 0 Å². The van der Waals surface area contributed by atoms with Crippen LogP contribution in [0.1, 0.15) is 24.3 Å². The number of carbonyl (C=O) groups is 1. The van der Waals surface area contributed by atoms with E-state index in [4.69, 9.17) is 0 Å². The second kappa shape index (κ2) is 8.44. The standard InChI is InChI=1S/C25H22F3N3O2/c26-17-4-1-14(2-5-17)23-22(19-9-18(27)10-20(28)24(19)31-23)16-7-13(8-16)11-30-25(33)15-3-6-21(32)29-12-15/h1-6,9-10,12-13,16,21,29,31-32H,7-8,11H2,(H,30,33). The zero-order valence-electron chi connectivity index (χ0n) is 17.5. The molecule has 1 unspecified atom stereocenters. The van der Waals surface area contributed by atoms with E-state index in [0.29, 0.717) is 28.8 Å². The lowest BCUT2D eigenvalue weighted by molar-refractivity contribution is -0.117. The van der Waals surface area contributed by atoms with Crippen molar-refractivity contribution in [2.75, 3.05) is 6.54 Å². The number of hydrogen-bond acceptors (Lipinski definition) is 3. The first kappa shape index (κ1) is 21.3.